The Hall–Kier alpha value is -2.47. The quantitative estimate of drug-likeness (QED) is 0.695. The first-order valence-corrected chi connectivity index (χ1v) is 7.96. The molecule has 0 aliphatic heterocycles. The highest BCUT2D eigenvalue weighted by atomic mass is 79.9. The number of aromatic nitrogens is 3. The van der Waals surface area contributed by atoms with Crippen molar-refractivity contribution in [2.45, 2.75) is 13.8 Å². The fourth-order valence-electron chi connectivity index (χ4n) is 2.00. The molecule has 2 aromatic carbocycles. The van der Waals surface area contributed by atoms with E-state index in [-0.39, 0.29) is 0 Å². The van der Waals surface area contributed by atoms with Gasteiger partial charge in [0.25, 0.3) is 0 Å². The van der Waals surface area contributed by atoms with E-state index in [9.17, 15) is 0 Å². The highest BCUT2D eigenvalue weighted by Crippen LogP contribution is 2.23. The van der Waals surface area contributed by atoms with Crippen LogP contribution in [0.4, 0.5) is 23.1 Å². The van der Waals surface area contributed by atoms with E-state index in [1.807, 2.05) is 56.3 Å². The third kappa shape index (κ3) is 4.04. The van der Waals surface area contributed by atoms with Gasteiger partial charge in [-0.1, -0.05) is 39.7 Å². The first-order valence-electron chi connectivity index (χ1n) is 7.17. The number of hydrogen-bond donors (Lipinski definition) is 2. The van der Waals surface area contributed by atoms with Gasteiger partial charge in [0.15, 0.2) is 5.82 Å². The number of anilines is 4. The minimum Gasteiger partial charge on any atom is -0.339 e. The summed E-state index contributed by atoms with van der Waals surface area (Å²) in [5.74, 6) is 1.08. The highest BCUT2D eigenvalue weighted by Gasteiger charge is 2.03. The van der Waals surface area contributed by atoms with Crippen LogP contribution in [0.15, 0.2) is 53.1 Å². The Morgan fingerprint density at radius 3 is 2.39 bits per heavy atom. The van der Waals surface area contributed by atoms with Crippen LogP contribution in [0.3, 0.4) is 0 Å². The second-order valence-electron chi connectivity index (χ2n) is 5.25. The minimum absolute atomic E-state index is 0.449. The average molecular weight is 370 g/mol. The zero-order chi connectivity index (χ0) is 16.2. The van der Waals surface area contributed by atoms with Crippen molar-refractivity contribution >= 4 is 39.1 Å². The van der Waals surface area contributed by atoms with E-state index in [1.165, 1.54) is 11.1 Å². The van der Waals surface area contributed by atoms with Gasteiger partial charge in [-0.15, -0.1) is 5.10 Å². The molecule has 5 nitrogen and oxygen atoms in total. The molecule has 0 amide bonds. The van der Waals surface area contributed by atoms with Crippen LogP contribution in [0.5, 0.6) is 0 Å². The van der Waals surface area contributed by atoms with Crippen LogP contribution >= 0.6 is 15.9 Å². The lowest BCUT2D eigenvalue weighted by Crippen LogP contribution is -2.02. The maximum Gasteiger partial charge on any atom is 0.249 e. The van der Waals surface area contributed by atoms with Gasteiger partial charge in [-0.25, -0.2) is 0 Å². The van der Waals surface area contributed by atoms with Crippen LogP contribution in [0.1, 0.15) is 11.1 Å². The van der Waals surface area contributed by atoms with Crippen molar-refractivity contribution in [2.75, 3.05) is 10.6 Å². The van der Waals surface area contributed by atoms with Gasteiger partial charge >= 0.3 is 0 Å². The van der Waals surface area contributed by atoms with E-state index >= 15 is 0 Å². The molecule has 3 aromatic rings. The Morgan fingerprint density at radius 1 is 0.913 bits per heavy atom. The molecule has 0 radical (unpaired) electrons. The summed E-state index contributed by atoms with van der Waals surface area (Å²) in [6, 6.07) is 14.1. The topological polar surface area (TPSA) is 62.7 Å². The lowest BCUT2D eigenvalue weighted by atomic mass is 10.2. The fourth-order valence-corrected chi connectivity index (χ4v) is 2.38. The Labute approximate surface area is 143 Å². The van der Waals surface area contributed by atoms with Crippen molar-refractivity contribution in [1.82, 2.24) is 15.2 Å². The SMILES string of the molecule is Cc1ccc(Nc2nncc(Nc3ccc(C)c(Br)c3)n2)cc1. The summed E-state index contributed by atoms with van der Waals surface area (Å²) in [6.07, 6.45) is 1.59. The van der Waals surface area contributed by atoms with Gasteiger partial charge in [0, 0.05) is 15.8 Å². The van der Waals surface area contributed by atoms with Crippen molar-refractivity contribution in [2.24, 2.45) is 0 Å². The van der Waals surface area contributed by atoms with Gasteiger partial charge in [-0.2, -0.15) is 10.1 Å². The summed E-state index contributed by atoms with van der Waals surface area (Å²) in [6.45, 7) is 4.09. The molecule has 0 bridgehead atoms. The zero-order valence-corrected chi connectivity index (χ0v) is 14.4. The van der Waals surface area contributed by atoms with Gasteiger partial charge in [0.05, 0.1) is 6.20 Å². The van der Waals surface area contributed by atoms with Gasteiger partial charge in [-0.3, -0.25) is 0 Å². The summed E-state index contributed by atoms with van der Waals surface area (Å²) in [7, 11) is 0. The molecule has 0 saturated heterocycles. The molecule has 1 aromatic heterocycles. The molecule has 116 valence electrons. The first kappa shape index (κ1) is 15.4. The van der Waals surface area contributed by atoms with Crippen LogP contribution in [0.2, 0.25) is 0 Å². The standard InChI is InChI=1S/C17H16BrN5/c1-11-3-6-13(7-4-11)21-17-22-16(10-19-23-17)20-14-8-5-12(2)15(18)9-14/h3-10H,1-2H3,(H2,20,21,22,23). The third-order valence-corrected chi connectivity index (χ3v) is 4.17. The summed E-state index contributed by atoms with van der Waals surface area (Å²) in [5, 5.41) is 14.4. The highest BCUT2D eigenvalue weighted by molar-refractivity contribution is 9.10. The molecule has 0 aliphatic rings. The third-order valence-electron chi connectivity index (χ3n) is 3.31. The van der Waals surface area contributed by atoms with E-state index in [4.69, 9.17) is 0 Å². The van der Waals surface area contributed by atoms with Crippen LogP contribution in [0, 0.1) is 13.8 Å². The maximum atomic E-state index is 4.43. The number of rotatable bonds is 4. The van der Waals surface area contributed by atoms with E-state index in [0.29, 0.717) is 11.8 Å². The largest absolute Gasteiger partial charge is 0.339 e. The van der Waals surface area contributed by atoms with E-state index in [0.717, 1.165) is 15.8 Å². The number of halogens is 1. The van der Waals surface area contributed by atoms with Crippen molar-refractivity contribution < 1.29 is 0 Å². The predicted octanol–water partition coefficient (Wildman–Crippen LogP) is 4.74. The Kier molecular flexibility index (Phi) is 4.52. The second kappa shape index (κ2) is 6.75. The van der Waals surface area contributed by atoms with Crippen LogP contribution < -0.4 is 10.6 Å². The Bertz CT molecular complexity index is 817. The molecule has 0 fully saturated rings. The summed E-state index contributed by atoms with van der Waals surface area (Å²) >= 11 is 3.52. The van der Waals surface area contributed by atoms with E-state index in [2.05, 4.69) is 41.7 Å². The molecule has 0 aliphatic carbocycles. The van der Waals surface area contributed by atoms with Crippen molar-refractivity contribution in [3.05, 3.63) is 64.3 Å². The second-order valence-corrected chi connectivity index (χ2v) is 6.10. The molecule has 1 heterocycles. The zero-order valence-electron chi connectivity index (χ0n) is 12.8. The maximum absolute atomic E-state index is 4.43. The van der Waals surface area contributed by atoms with Crippen LogP contribution in [-0.4, -0.2) is 15.2 Å². The molecular weight excluding hydrogens is 354 g/mol. The van der Waals surface area contributed by atoms with Crippen LogP contribution in [-0.2, 0) is 0 Å². The molecule has 0 saturated carbocycles. The molecule has 0 spiro atoms. The Morgan fingerprint density at radius 2 is 1.65 bits per heavy atom. The monoisotopic (exact) mass is 369 g/mol. The summed E-state index contributed by atoms with van der Waals surface area (Å²) < 4.78 is 1.04. The molecule has 0 unspecified atom stereocenters. The van der Waals surface area contributed by atoms with Crippen LogP contribution in [0.25, 0.3) is 0 Å². The number of nitrogens with zero attached hydrogens (tertiary/aromatic N) is 3. The molecule has 3 rings (SSSR count). The number of aryl methyl sites for hydroxylation is 2. The van der Waals surface area contributed by atoms with E-state index in [1.54, 1.807) is 6.20 Å². The van der Waals surface area contributed by atoms with Crippen molar-refractivity contribution in [1.29, 1.82) is 0 Å². The van der Waals surface area contributed by atoms with Crippen molar-refractivity contribution in [3.8, 4) is 0 Å². The fraction of sp³-hybridized carbons (Fsp3) is 0.118. The molecule has 23 heavy (non-hydrogen) atoms. The molecule has 6 heteroatoms. The molecule has 0 atom stereocenters. The normalized spacial score (nSPS) is 10.4. The van der Waals surface area contributed by atoms with Gasteiger partial charge in [-0.05, 0) is 43.7 Å². The van der Waals surface area contributed by atoms with E-state index < -0.39 is 0 Å². The van der Waals surface area contributed by atoms with Crippen molar-refractivity contribution in [3.63, 3.8) is 0 Å². The lowest BCUT2D eigenvalue weighted by Gasteiger charge is -2.09. The van der Waals surface area contributed by atoms with Gasteiger partial charge in [0.2, 0.25) is 5.95 Å². The summed E-state index contributed by atoms with van der Waals surface area (Å²) in [5.41, 5.74) is 4.24. The first-order chi connectivity index (χ1) is 11.1. The number of hydrogen-bond acceptors (Lipinski definition) is 5. The lowest BCUT2D eigenvalue weighted by molar-refractivity contribution is 0.982. The minimum atomic E-state index is 0.449. The van der Waals surface area contributed by atoms with Gasteiger partial charge in [0.1, 0.15) is 0 Å². The molecular formula is C17H16BrN5. The average Bonchev–Trinajstić information content (AvgIpc) is 2.54. The number of benzene rings is 2. The Balaban J connectivity index is 1.76. The predicted molar refractivity (Wildman–Crippen MR) is 96.5 cm³/mol. The van der Waals surface area contributed by atoms with Gasteiger partial charge < -0.3 is 10.6 Å². The smallest absolute Gasteiger partial charge is 0.249 e. The number of nitrogens with one attached hydrogen (secondary N) is 2. The summed E-state index contributed by atoms with van der Waals surface area (Å²) in [4.78, 5) is 4.43. The molecule has 2 N–H and O–H groups in total.